The van der Waals surface area contributed by atoms with Crippen LogP contribution in [0.4, 0.5) is 0 Å². The molecule has 0 aliphatic carbocycles. The highest BCUT2D eigenvalue weighted by Crippen LogP contribution is 2.36. The van der Waals surface area contributed by atoms with Crippen LogP contribution in [-0.4, -0.2) is 11.1 Å². The lowest BCUT2D eigenvalue weighted by Crippen LogP contribution is -2.20. The highest BCUT2D eigenvalue weighted by molar-refractivity contribution is 7.07. The van der Waals surface area contributed by atoms with Crippen LogP contribution in [0, 0.1) is 31.1 Å². The first-order chi connectivity index (χ1) is 15.4. The smallest absolute Gasteiger partial charge is 0.306 e. The van der Waals surface area contributed by atoms with E-state index in [1.54, 1.807) is 17.4 Å². The second kappa shape index (κ2) is 10.8. The van der Waals surface area contributed by atoms with E-state index in [0.717, 1.165) is 22.3 Å². The lowest BCUT2D eigenvalue weighted by molar-refractivity contribution is -0.142. The van der Waals surface area contributed by atoms with Crippen LogP contribution in [0.25, 0.3) is 0 Å². The number of carboxylic acid groups (broad SMARTS) is 1. The van der Waals surface area contributed by atoms with E-state index in [9.17, 15) is 15.2 Å². The lowest BCUT2D eigenvalue weighted by Gasteiger charge is -2.25. The van der Waals surface area contributed by atoms with Gasteiger partial charge in [0.2, 0.25) is 0 Å². The number of thiophene rings is 1. The Bertz CT molecular complexity index is 1100. The summed E-state index contributed by atoms with van der Waals surface area (Å²) < 4.78 is 12.3. The molecule has 0 saturated heterocycles. The summed E-state index contributed by atoms with van der Waals surface area (Å²) >= 11 is 1.61. The fraction of sp³-hybridized carbons (Fsp3) is 0.308. The SMILES string of the molecule is CCC(CC(Oc1cc(OCc2ccsc2)cc(C)c1C#N)c1ccccc1C)C(=O)O. The van der Waals surface area contributed by atoms with Crippen LogP contribution in [0.2, 0.25) is 0 Å². The van der Waals surface area contributed by atoms with Crippen LogP contribution in [0.15, 0.2) is 53.2 Å². The van der Waals surface area contributed by atoms with Crippen molar-refractivity contribution in [2.45, 2.75) is 46.3 Å². The lowest BCUT2D eigenvalue weighted by atomic mass is 9.92. The Morgan fingerprint density at radius 2 is 1.97 bits per heavy atom. The van der Waals surface area contributed by atoms with Crippen molar-refractivity contribution in [2.75, 3.05) is 0 Å². The number of aryl methyl sites for hydroxylation is 2. The van der Waals surface area contributed by atoms with Gasteiger partial charge < -0.3 is 14.6 Å². The Kier molecular flexibility index (Phi) is 7.91. The molecule has 5 nitrogen and oxygen atoms in total. The fourth-order valence-corrected chi connectivity index (χ4v) is 4.28. The third-order valence-corrected chi connectivity index (χ3v) is 6.25. The first kappa shape index (κ1) is 23.4. The standard InChI is InChI=1S/C26H27NO4S/c1-4-20(26(28)29)12-24(22-8-6-5-7-17(22)2)31-25-13-21(11-18(3)23(25)14-27)30-15-19-9-10-32-16-19/h5-11,13,16,20,24H,4,12,15H2,1-3H3,(H,28,29). The summed E-state index contributed by atoms with van der Waals surface area (Å²) in [6.45, 7) is 6.10. The highest BCUT2D eigenvalue weighted by Gasteiger charge is 2.26. The molecule has 2 atom stereocenters. The van der Waals surface area contributed by atoms with Crippen molar-refractivity contribution in [3.05, 3.63) is 81.0 Å². The molecule has 6 heteroatoms. The van der Waals surface area contributed by atoms with Gasteiger partial charge in [0.15, 0.2) is 0 Å². The molecule has 3 aromatic rings. The zero-order chi connectivity index (χ0) is 23.1. The Morgan fingerprint density at radius 1 is 1.19 bits per heavy atom. The Morgan fingerprint density at radius 3 is 2.59 bits per heavy atom. The van der Waals surface area contributed by atoms with E-state index in [2.05, 4.69) is 6.07 Å². The van der Waals surface area contributed by atoms with Gasteiger partial charge in [-0.3, -0.25) is 4.79 Å². The monoisotopic (exact) mass is 449 g/mol. The molecular formula is C26H27NO4S. The maximum absolute atomic E-state index is 11.7. The van der Waals surface area contributed by atoms with Crippen molar-refractivity contribution in [3.63, 3.8) is 0 Å². The molecular weight excluding hydrogens is 422 g/mol. The molecule has 0 saturated carbocycles. The molecule has 0 bridgehead atoms. The van der Waals surface area contributed by atoms with Gasteiger partial charge in [-0.1, -0.05) is 31.2 Å². The molecule has 0 spiro atoms. The molecule has 0 amide bonds. The molecule has 166 valence electrons. The van der Waals surface area contributed by atoms with Gasteiger partial charge in [0.05, 0.1) is 11.5 Å². The van der Waals surface area contributed by atoms with Crippen molar-refractivity contribution < 1.29 is 19.4 Å². The second-order valence-corrected chi connectivity index (χ2v) is 8.57. The molecule has 1 N–H and O–H groups in total. The Hall–Kier alpha value is -3.30. The molecule has 0 aliphatic rings. The van der Waals surface area contributed by atoms with Crippen LogP contribution < -0.4 is 9.47 Å². The second-order valence-electron chi connectivity index (χ2n) is 7.79. The summed E-state index contributed by atoms with van der Waals surface area (Å²) in [7, 11) is 0. The van der Waals surface area contributed by atoms with E-state index in [0.29, 0.717) is 36.5 Å². The number of rotatable bonds is 10. The van der Waals surface area contributed by atoms with Crippen LogP contribution in [-0.2, 0) is 11.4 Å². The van der Waals surface area contributed by atoms with Crippen molar-refractivity contribution in [2.24, 2.45) is 5.92 Å². The van der Waals surface area contributed by atoms with Gasteiger partial charge in [0.1, 0.15) is 30.3 Å². The minimum absolute atomic E-state index is 0.306. The zero-order valence-corrected chi connectivity index (χ0v) is 19.3. The summed E-state index contributed by atoms with van der Waals surface area (Å²) in [6, 6.07) is 15.6. The average Bonchev–Trinajstić information content (AvgIpc) is 3.29. The number of carboxylic acids is 1. The number of hydrogen-bond acceptors (Lipinski definition) is 5. The number of aliphatic carboxylic acids is 1. The van der Waals surface area contributed by atoms with Crippen molar-refractivity contribution >= 4 is 17.3 Å². The quantitative estimate of drug-likeness (QED) is 0.385. The topological polar surface area (TPSA) is 79.5 Å². The molecule has 32 heavy (non-hydrogen) atoms. The van der Waals surface area contributed by atoms with Crippen LogP contribution >= 0.6 is 11.3 Å². The average molecular weight is 450 g/mol. The molecule has 3 rings (SSSR count). The molecule has 0 aliphatic heterocycles. The van der Waals surface area contributed by atoms with Gasteiger partial charge in [0, 0.05) is 12.5 Å². The number of carbonyl (C=O) groups is 1. The zero-order valence-electron chi connectivity index (χ0n) is 18.5. The number of ether oxygens (including phenoxy) is 2. The van der Waals surface area contributed by atoms with Crippen molar-refractivity contribution in [1.82, 2.24) is 0 Å². The van der Waals surface area contributed by atoms with Crippen molar-refractivity contribution in [3.8, 4) is 17.6 Å². The summed E-state index contributed by atoms with van der Waals surface area (Å²) in [6.07, 6.45) is 0.297. The first-order valence-electron chi connectivity index (χ1n) is 10.6. The van der Waals surface area contributed by atoms with Gasteiger partial charge in [0.25, 0.3) is 0 Å². The summed E-state index contributed by atoms with van der Waals surface area (Å²) in [4.78, 5) is 11.7. The number of nitriles is 1. The van der Waals surface area contributed by atoms with Crippen LogP contribution in [0.1, 0.15) is 53.7 Å². The number of benzene rings is 2. The van der Waals surface area contributed by atoms with Gasteiger partial charge in [-0.2, -0.15) is 16.6 Å². The van der Waals surface area contributed by atoms with Gasteiger partial charge in [-0.15, -0.1) is 0 Å². The van der Waals surface area contributed by atoms with Crippen LogP contribution in [0.5, 0.6) is 11.5 Å². The van der Waals surface area contributed by atoms with E-state index < -0.39 is 18.0 Å². The van der Waals surface area contributed by atoms with Crippen LogP contribution in [0.3, 0.4) is 0 Å². The third kappa shape index (κ3) is 5.68. The van der Waals surface area contributed by atoms with E-state index in [4.69, 9.17) is 9.47 Å². The highest BCUT2D eigenvalue weighted by atomic mass is 32.1. The largest absolute Gasteiger partial charge is 0.489 e. The molecule has 1 heterocycles. The fourth-order valence-electron chi connectivity index (χ4n) is 3.62. The Balaban J connectivity index is 1.95. The van der Waals surface area contributed by atoms with E-state index in [1.165, 1.54) is 0 Å². The predicted molar refractivity (Wildman–Crippen MR) is 125 cm³/mol. The number of nitrogens with zero attached hydrogens (tertiary/aromatic N) is 1. The third-order valence-electron chi connectivity index (χ3n) is 5.52. The normalized spacial score (nSPS) is 12.6. The number of hydrogen-bond donors (Lipinski definition) is 1. The summed E-state index contributed by atoms with van der Waals surface area (Å²) in [5.74, 6) is -0.388. The minimum atomic E-state index is -0.848. The van der Waals surface area contributed by atoms with Crippen molar-refractivity contribution in [1.29, 1.82) is 5.26 Å². The summed E-state index contributed by atoms with van der Waals surface area (Å²) in [5, 5.41) is 23.4. The molecule has 0 radical (unpaired) electrons. The predicted octanol–water partition coefficient (Wildman–Crippen LogP) is 6.44. The van der Waals surface area contributed by atoms with E-state index >= 15 is 0 Å². The first-order valence-corrected chi connectivity index (χ1v) is 11.5. The van der Waals surface area contributed by atoms with E-state index in [1.807, 2.05) is 67.9 Å². The molecule has 1 aromatic heterocycles. The van der Waals surface area contributed by atoms with Gasteiger partial charge in [-0.05, 0) is 65.4 Å². The summed E-state index contributed by atoms with van der Waals surface area (Å²) in [5.41, 5.74) is 4.18. The maximum atomic E-state index is 11.7. The van der Waals surface area contributed by atoms with E-state index in [-0.39, 0.29) is 0 Å². The molecule has 2 aromatic carbocycles. The molecule has 0 fully saturated rings. The van der Waals surface area contributed by atoms with Gasteiger partial charge >= 0.3 is 5.97 Å². The Labute approximate surface area is 192 Å². The molecule has 2 unspecified atom stereocenters. The minimum Gasteiger partial charge on any atom is -0.489 e. The van der Waals surface area contributed by atoms with Gasteiger partial charge in [-0.25, -0.2) is 0 Å². The maximum Gasteiger partial charge on any atom is 0.306 e.